The molecule has 5 unspecified atom stereocenters. The quantitative estimate of drug-likeness (QED) is 0.00931. The normalized spacial score (nSPS) is 12.9. The van der Waals surface area contributed by atoms with Crippen LogP contribution in [0.3, 0.4) is 0 Å². The first kappa shape index (κ1) is 60.1. The van der Waals surface area contributed by atoms with Crippen LogP contribution in [-0.2, 0) is 39.2 Å². The lowest BCUT2D eigenvalue weighted by atomic mass is 10.1. The van der Waals surface area contributed by atoms with Crippen LogP contribution in [0.1, 0.15) is 16.7 Å². The summed E-state index contributed by atoms with van der Waals surface area (Å²) in [6.45, 7) is 0.00696. The van der Waals surface area contributed by atoms with Crippen LogP contribution >= 0.6 is 60.8 Å². The van der Waals surface area contributed by atoms with Gasteiger partial charge in [-0.2, -0.15) is 0 Å². The molecule has 6 rings (SSSR count). The summed E-state index contributed by atoms with van der Waals surface area (Å²) in [5.74, 6) is 1.85. The molecule has 0 bridgehead atoms. The van der Waals surface area contributed by atoms with E-state index >= 15 is 0 Å². The SMILES string of the molecule is CN(N=Cc1ccc(OP(N=P(c2ccccc2)(c2ccccc2)c2ccc(O[P+](=S)N(C)N=Cc3ccc(ON=[N+]=[N-])cc3)cc2)P(P)N=[N+]=[N-])cc1)[P+](=S)Oc1ccc(CCN(CP(=O)(O)O)CP(=O)(O)O)cc1. The van der Waals surface area contributed by atoms with Gasteiger partial charge in [0.25, 0.3) is 0 Å². The van der Waals surface area contributed by atoms with E-state index in [0.29, 0.717) is 23.0 Å². The van der Waals surface area contributed by atoms with Gasteiger partial charge in [-0.15, -0.1) is 10.2 Å². The van der Waals surface area contributed by atoms with Gasteiger partial charge in [0.1, 0.15) is 29.3 Å². The van der Waals surface area contributed by atoms with Crippen LogP contribution < -0.4 is 34.3 Å². The summed E-state index contributed by atoms with van der Waals surface area (Å²) in [6.07, 6.45) is 1.96. The highest BCUT2D eigenvalue weighted by molar-refractivity contribution is 8.51. The van der Waals surface area contributed by atoms with Crippen LogP contribution in [0.2, 0.25) is 0 Å². The first-order chi connectivity index (χ1) is 36.3. The maximum Gasteiger partial charge on any atom is 0.540 e. The molecule has 394 valence electrons. The summed E-state index contributed by atoms with van der Waals surface area (Å²) < 4.78 is 50.7. The molecule has 0 spiro atoms. The van der Waals surface area contributed by atoms with Gasteiger partial charge in [0.05, 0.1) is 41.0 Å². The highest BCUT2D eigenvalue weighted by atomic mass is 32.4. The number of nitrogens with zero attached hydrogens (tertiary/aromatic N) is 12. The van der Waals surface area contributed by atoms with Gasteiger partial charge in [-0.05, 0) is 119 Å². The van der Waals surface area contributed by atoms with Gasteiger partial charge >= 0.3 is 29.3 Å². The van der Waals surface area contributed by atoms with Crippen molar-refractivity contribution in [2.45, 2.75) is 6.42 Å². The van der Waals surface area contributed by atoms with Crippen LogP contribution in [0, 0.1) is 0 Å². The molecular formula is C44H48N12O10P8S2+2. The molecule has 22 nitrogen and oxygen atoms in total. The van der Waals surface area contributed by atoms with Crippen molar-refractivity contribution in [2.75, 3.05) is 33.2 Å². The van der Waals surface area contributed by atoms with Crippen molar-refractivity contribution in [1.29, 1.82) is 0 Å². The van der Waals surface area contributed by atoms with Crippen molar-refractivity contribution >= 4 is 113 Å². The molecule has 0 aliphatic carbocycles. The van der Waals surface area contributed by atoms with Gasteiger partial charge in [0.15, 0.2) is 11.5 Å². The van der Waals surface area contributed by atoms with Crippen LogP contribution in [0.5, 0.6) is 23.0 Å². The van der Waals surface area contributed by atoms with E-state index in [1.54, 1.807) is 92.0 Å². The maximum absolute atomic E-state index is 11.5. The van der Waals surface area contributed by atoms with E-state index in [1.807, 2.05) is 97.1 Å². The minimum absolute atomic E-state index is 0.00696. The minimum atomic E-state index is -4.55. The average Bonchev–Trinajstić information content (AvgIpc) is 3.40. The Labute approximate surface area is 454 Å². The average molecular weight is 1220 g/mol. The molecule has 76 heavy (non-hydrogen) atoms. The summed E-state index contributed by atoms with van der Waals surface area (Å²) in [6, 6.07) is 48.4. The fraction of sp³-hybridized carbons (Fsp3) is 0.136. The molecule has 0 aliphatic rings. The number of rotatable bonds is 27. The molecule has 0 fully saturated rings. The number of hydrazone groups is 2. The van der Waals surface area contributed by atoms with Crippen LogP contribution in [-0.4, -0.2) is 79.7 Å². The number of azide groups is 2. The third-order valence-electron chi connectivity index (χ3n) is 10.1. The number of benzene rings is 6. The van der Waals surface area contributed by atoms with Gasteiger partial charge in [-0.3, -0.25) is 23.1 Å². The van der Waals surface area contributed by atoms with E-state index in [0.717, 1.165) is 37.5 Å². The lowest BCUT2D eigenvalue weighted by Crippen LogP contribution is -2.28. The molecule has 6 aromatic carbocycles. The van der Waals surface area contributed by atoms with Gasteiger partial charge < -0.3 is 28.9 Å². The highest BCUT2D eigenvalue weighted by Crippen LogP contribution is 2.79. The third-order valence-corrected chi connectivity index (χ3v) is 25.6. The van der Waals surface area contributed by atoms with Gasteiger partial charge in [-0.1, -0.05) is 96.2 Å². The Morgan fingerprint density at radius 1 is 0.632 bits per heavy atom. The first-order valence-electron chi connectivity index (χ1n) is 21.9. The van der Waals surface area contributed by atoms with Crippen molar-refractivity contribution in [3.8, 4) is 23.0 Å². The van der Waals surface area contributed by atoms with E-state index in [1.165, 1.54) is 4.78 Å². The van der Waals surface area contributed by atoms with Crippen molar-refractivity contribution < 1.29 is 47.1 Å². The Kier molecular flexibility index (Phi) is 23.0. The molecule has 0 heterocycles. The zero-order chi connectivity index (χ0) is 54.7. The van der Waals surface area contributed by atoms with Crippen LogP contribution in [0.25, 0.3) is 20.9 Å². The van der Waals surface area contributed by atoms with Crippen molar-refractivity contribution in [3.63, 3.8) is 0 Å². The fourth-order valence-electron chi connectivity index (χ4n) is 6.69. The van der Waals surface area contributed by atoms with E-state index in [2.05, 4.69) is 39.1 Å². The molecule has 32 heteroatoms. The smallest absolute Gasteiger partial charge is 0.447 e. The number of hydrogen-bond donors (Lipinski definition) is 4. The fourth-order valence-corrected chi connectivity index (χ4v) is 20.6. The van der Waals surface area contributed by atoms with Crippen LogP contribution in [0.4, 0.5) is 0 Å². The molecule has 0 aromatic heterocycles. The second-order valence-electron chi connectivity index (χ2n) is 15.7. The molecule has 0 radical (unpaired) electrons. The lowest BCUT2D eigenvalue weighted by Gasteiger charge is -2.29. The first-order valence-corrected chi connectivity index (χ1v) is 36.6. The Morgan fingerprint density at radius 3 is 1.51 bits per heavy atom. The molecule has 5 atom stereocenters. The second-order valence-corrected chi connectivity index (χ2v) is 33.3. The zero-order valence-electron chi connectivity index (χ0n) is 40.1. The monoisotopic (exact) mass is 1220 g/mol. The second kappa shape index (κ2) is 29.0. The standard InChI is InChI=1S/C44H46N12O10P8S2/c1-54(70(75)65-40-21-13-35(14-22-40)29-30-56(33-72(57,58)59)34-73(60,61)62)48-32-37-17-23-39(24-18-37)64-68(69(67)52-50-46)53-74(42-9-5-3-6-10-42,43-11-7-4-8-12-43)44-27-25-41(26-28-44)66-71(76)55(2)47-31-36-15-19-38(20-16-36)63-51-49-45/h3-28,31-32H,29-30,33-34,67H2,1-2H3,(H2-2,57,58,59,60,61,62)/p+2. The van der Waals surface area contributed by atoms with Crippen molar-refractivity contribution in [1.82, 2.24) is 14.5 Å². The maximum atomic E-state index is 11.5. The summed E-state index contributed by atoms with van der Waals surface area (Å²) in [5, 5.41) is 14.8. The predicted octanol–water partition coefficient (Wildman–Crippen LogP) is 11.9. The molecule has 0 saturated heterocycles. The minimum Gasteiger partial charge on any atom is -0.447 e. The molecular weight excluding hydrogens is 1170 g/mol. The van der Waals surface area contributed by atoms with Crippen molar-refractivity contribution in [2.24, 2.45) is 24.9 Å². The summed E-state index contributed by atoms with van der Waals surface area (Å²) >= 11 is 11.4. The molecule has 6 aromatic rings. The van der Waals surface area contributed by atoms with E-state index in [-0.39, 0.29) is 13.0 Å². The highest BCUT2D eigenvalue weighted by Gasteiger charge is 2.33. The molecule has 0 amide bonds. The van der Waals surface area contributed by atoms with E-state index < -0.39 is 64.4 Å². The largest absolute Gasteiger partial charge is 0.540 e. The van der Waals surface area contributed by atoms with E-state index in [4.69, 9.17) is 52.1 Å². The Hall–Kier alpha value is -5.10. The third kappa shape index (κ3) is 18.8. The summed E-state index contributed by atoms with van der Waals surface area (Å²) in [4.78, 5) is 53.2. The van der Waals surface area contributed by atoms with Gasteiger partial charge in [-0.25, -0.2) is 4.52 Å². The molecule has 0 saturated carbocycles. The molecule has 0 aliphatic heterocycles. The Bertz CT molecular complexity index is 3180. The zero-order valence-corrected chi connectivity index (χ0v) is 49.2. The van der Waals surface area contributed by atoms with Crippen LogP contribution in [0.15, 0.2) is 183 Å². The molecule has 4 N–H and O–H groups in total. The summed E-state index contributed by atoms with van der Waals surface area (Å²) in [7, 11) is -12.7. The number of hydrogen-bond acceptors (Lipinski definition) is 14. The van der Waals surface area contributed by atoms with Gasteiger partial charge in [0, 0.05) is 32.3 Å². The Balaban J connectivity index is 1.18. The predicted molar refractivity (Wildman–Crippen MR) is 315 cm³/mol. The summed E-state index contributed by atoms with van der Waals surface area (Å²) in [5.41, 5.74) is 20.4. The van der Waals surface area contributed by atoms with E-state index in [9.17, 15) is 34.2 Å². The van der Waals surface area contributed by atoms with Crippen molar-refractivity contribution in [3.05, 3.63) is 195 Å². The Morgan fingerprint density at radius 2 is 1.07 bits per heavy atom. The topological polar surface area (TPSA) is 296 Å². The van der Waals surface area contributed by atoms with Gasteiger partial charge in [0.2, 0.25) is 31.6 Å². The lowest BCUT2D eigenvalue weighted by molar-refractivity contribution is 0.279.